The molecule has 0 saturated carbocycles. The lowest BCUT2D eigenvalue weighted by atomic mass is 9.89. The molecule has 0 radical (unpaired) electrons. The van der Waals surface area contributed by atoms with E-state index < -0.39 is 0 Å². The first-order valence-electron chi connectivity index (χ1n) is 5.54. The molecule has 4 heteroatoms. The molecule has 0 saturated heterocycles. The second-order valence-corrected chi connectivity index (χ2v) is 5.89. The van der Waals surface area contributed by atoms with Crippen molar-refractivity contribution in [1.29, 1.82) is 0 Å². The summed E-state index contributed by atoms with van der Waals surface area (Å²) < 4.78 is 0. The van der Waals surface area contributed by atoms with Crippen molar-refractivity contribution >= 4 is 5.95 Å². The SMILES string of the molecule is CC(C)(N)CNc1ncc(C(C)(C)C)cn1. The number of nitrogens with one attached hydrogen (secondary N) is 1. The molecule has 4 nitrogen and oxygen atoms in total. The van der Waals surface area contributed by atoms with E-state index in [-0.39, 0.29) is 11.0 Å². The molecule has 3 N–H and O–H groups in total. The monoisotopic (exact) mass is 222 g/mol. The molecule has 0 aromatic carbocycles. The second kappa shape index (κ2) is 4.37. The van der Waals surface area contributed by atoms with E-state index in [1.807, 2.05) is 26.2 Å². The zero-order valence-electron chi connectivity index (χ0n) is 10.8. The van der Waals surface area contributed by atoms with Crippen LogP contribution in [0.3, 0.4) is 0 Å². The topological polar surface area (TPSA) is 63.8 Å². The van der Waals surface area contributed by atoms with E-state index in [0.29, 0.717) is 12.5 Å². The summed E-state index contributed by atoms with van der Waals surface area (Å²) in [5.74, 6) is 0.631. The van der Waals surface area contributed by atoms with Crippen LogP contribution in [0.2, 0.25) is 0 Å². The van der Waals surface area contributed by atoms with Gasteiger partial charge in [0.1, 0.15) is 0 Å². The van der Waals surface area contributed by atoms with Gasteiger partial charge in [0.2, 0.25) is 5.95 Å². The highest BCUT2D eigenvalue weighted by Crippen LogP contribution is 2.20. The van der Waals surface area contributed by atoms with E-state index in [1.165, 1.54) is 0 Å². The molecule has 0 atom stereocenters. The molecule has 0 aliphatic heterocycles. The first kappa shape index (κ1) is 12.9. The fraction of sp³-hybridized carbons (Fsp3) is 0.667. The molecular formula is C12H22N4. The quantitative estimate of drug-likeness (QED) is 0.820. The van der Waals surface area contributed by atoms with Gasteiger partial charge in [-0.15, -0.1) is 0 Å². The Morgan fingerprint density at radius 1 is 1.12 bits per heavy atom. The van der Waals surface area contributed by atoms with E-state index in [0.717, 1.165) is 5.56 Å². The molecule has 1 heterocycles. The Labute approximate surface area is 97.7 Å². The van der Waals surface area contributed by atoms with Gasteiger partial charge >= 0.3 is 0 Å². The van der Waals surface area contributed by atoms with E-state index in [1.54, 1.807) is 0 Å². The number of nitrogens with zero attached hydrogens (tertiary/aromatic N) is 2. The average Bonchev–Trinajstić information content (AvgIpc) is 2.13. The third-order valence-electron chi connectivity index (χ3n) is 2.22. The van der Waals surface area contributed by atoms with Crippen LogP contribution in [-0.2, 0) is 5.41 Å². The van der Waals surface area contributed by atoms with Gasteiger partial charge in [-0.25, -0.2) is 9.97 Å². The molecule has 0 aliphatic carbocycles. The smallest absolute Gasteiger partial charge is 0.222 e. The number of nitrogens with two attached hydrogens (primary N) is 1. The van der Waals surface area contributed by atoms with Crippen LogP contribution in [0.5, 0.6) is 0 Å². The van der Waals surface area contributed by atoms with Gasteiger partial charge in [0.25, 0.3) is 0 Å². The van der Waals surface area contributed by atoms with Gasteiger partial charge in [0.15, 0.2) is 0 Å². The molecule has 1 aromatic rings. The Balaban J connectivity index is 2.66. The minimum absolute atomic E-state index is 0.0890. The summed E-state index contributed by atoms with van der Waals surface area (Å²) in [6.07, 6.45) is 3.72. The summed E-state index contributed by atoms with van der Waals surface area (Å²) in [7, 11) is 0. The van der Waals surface area contributed by atoms with Crippen LogP contribution >= 0.6 is 0 Å². The standard InChI is InChI=1S/C12H22N4/c1-11(2,3)9-6-14-10(15-7-9)16-8-12(4,5)13/h6-7H,8,13H2,1-5H3,(H,14,15,16). The fourth-order valence-electron chi connectivity index (χ4n) is 1.11. The maximum Gasteiger partial charge on any atom is 0.222 e. The molecule has 0 spiro atoms. The zero-order valence-corrected chi connectivity index (χ0v) is 10.8. The normalized spacial score (nSPS) is 12.6. The molecule has 0 fully saturated rings. The summed E-state index contributed by atoms with van der Waals surface area (Å²) in [4.78, 5) is 8.54. The van der Waals surface area contributed by atoms with E-state index in [2.05, 4.69) is 36.1 Å². The van der Waals surface area contributed by atoms with Crippen LogP contribution in [0, 0.1) is 0 Å². The Bertz CT molecular complexity index is 330. The minimum Gasteiger partial charge on any atom is -0.352 e. The van der Waals surface area contributed by atoms with Crippen LogP contribution in [-0.4, -0.2) is 22.1 Å². The van der Waals surface area contributed by atoms with Gasteiger partial charge in [-0.1, -0.05) is 20.8 Å². The van der Waals surface area contributed by atoms with Crippen molar-refractivity contribution in [1.82, 2.24) is 9.97 Å². The zero-order chi connectivity index (χ0) is 12.4. The van der Waals surface area contributed by atoms with Crippen LogP contribution in [0.1, 0.15) is 40.2 Å². The van der Waals surface area contributed by atoms with Crippen molar-refractivity contribution in [2.75, 3.05) is 11.9 Å². The maximum atomic E-state index is 5.86. The van der Waals surface area contributed by atoms with Gasteiger partial charge in [0.05, 0.1) is 0 Å². The van der Waals surface area contributed by atoms with Gasteiger partial charge in [-0.3, -0.25) is 0 Å². The first-order valence-corrected chi connectivity index (χ1v) is 5.54. The summed E-state index contributed by atoms with van der Waals surface area (Å²) >= 11 is 0. The van der Waals surface area contributed by atoms with Crippen molar-refractivity contribution in [3.63, 3.8) is 0 Å². The Morgan fingerprint density at radius 3 is 2.00 bits per heavy atom. The second-order valence-electron chi connectivity index (χ2n) is 5.89. The van der Waals surface area contributed by atoms with Crippen LogP contribution in [0.25, 0.3) is 0 Å². The highest BCUT2D eigenvalue weighted by atomic mass is 15.1. The summed E-state index contributed by atoms with van der Waals surface area (Å²) in [6, 6.07) is 0. The number of hydrogen-bond acceptors (Lipinski definition) is 4. The van der Waals surface area contributed by atoms with Gasteiger partial charge in [0, 0.05) is 24.5 Å². The first-order chi connectivity index (χ1) is 7.18. The van der Waals surface area contributed by atoms with Crippen molar-refractivity contribution in [2.24, 2.45) is 5.73 Å². The highest BCUT2D eigenvalue weighted by Gasteiger charge is 2.15. The molecule has 0 amide bonds. The lowest BCUT2D eigenvalue weighted by Crippen LogP contribution is -2.39. The van der Waals surface area contributed by atoms with Gasteiger partial charge < -0.3 is 11.1 Å². The van der Waals surface area contributed by atoms with Crippen molar-refractivity contribution in [2.45, 2.75) is 45.6 Å². The summed E-state index contributed by atoms with van der Waals surface area (Å²) in [6.45, 7) is 11.0. The van der Waals surface area contributed by atoms with E-state index >= 15 is 0 Å². The molecule has 0 aliphatic rings. The predicted molar refractivity (Wildman–Crippen MR) is 67.5 cm³/mol. The minimum atomic E-state index is -0.258. The number of aromatic nitrogens is 2. The lowest BCUT2D eigenvalue weighted by Gasteiger charge is -2.20. The lowest BCUT2D eigenvalue weighted by molar-refractivity contribution is 0.546. The molecule has 1 aromatic heterocycles. The summed E-state index contributed by atoms with van der Waals surface area (Å²) in [5, 5.41) is 3.12. The van der Waals surface area contributed by atoms with E-state index in [4.69, 9.17) is 5.73 Å². The maximum absolute atomic E-state index is 5.86. The molecule has 16 heavy (non-hydrogen) atoms. The van der Waals surface area contributed by atoms with Crippen LogP contribution in [0.4, 0.5) is 5.95 Å². The molecule has 0 bridgehead atoms. The number of anilines is 1. The average molecular weight is 222 g/mol. The van der Waals surface area contributed by atoms with Crippen LogP contribution < -0.4 is 11.1 Å². The van der Waals surface area contributed by atoms with Crippen molar-refractivity contribution < 1.29 is 0 Å². The molecule has 90 valence electrons. The number of rotatable bonds is 3. The Morgan fingerprint density at radius 2 is 1.62 bits per heavy atom. The third-order valence-corrected chi connectivity index (χ3v) is 2.22. The van der Waals surface area contributed by atoms with Crippen molar-refractivity contribution in [3.8, 4) is 0 Å². The molecular weight excluding hydrogens is 200 g/mol. The van der Waals surface area contributed by atoms with Crippen LogP contribution in [0.15, 0.2) is 12.4 Å². The largest absolute Gasteiger partial charge is 0.352 e. The Kier molecular flexibility index (Phi) is 3.53. The highest BCUT2D eigenvalue weighted by molar-refractivity contribution is 5.27. The fourth-order valence-corrected chi connectivity index (χ4v) is 1.11. The molecule has 0 unspecified atom stereocenters. The predicted octanol–water partition coefficient (Wildman–Crippen LogP) is 1.92. The third kappa shape index (κ3) is 4.14. The Hall–Kier alpha value is -1.16. The van der Waals surface area contributed by atoms with Gasteiger partial charge in [-0.05, 0) is 24.8 Å². The molecule has 1 rings (SSSR count). The summed E-state index contributed by atoms with van der Waals surface area (Å²) in [5.41, 5.74) is 6.83. The number of hydrogen-bond donors (Lipinski definition) is 2. The van der Waals surface area contributed by atoms with E-state index in [9.17, 15) is 0 Å². The van der Waals surface area contributed by atoms with Crippen molar-refractivity contribution in [3.05, 3.63) is 18.0 Å². The van der Waals surface area contributed by atoms with Gasteiger partial charge in [-0.2, -0.15) is 0 Å².